The highest BCUT2D eigenvalue weighted by molar-refractivity contribution is 5.92. The van der Waals surface area contributed by atoms with Gasteiger partial charge in [-0.25, -0.2) is 4.68 Å². The van der Waals surface area contributed by atoms with E-state index in [0.717, 1.165) is 0 Å². The Bertz CT molecular complexity index is 1440. The van der Waals surface area contributed by atoms with Crippen LogP contribution in [0.1, 0.15) is 17.0 Å². The number of nitrogens with one attached hydrogen (secondary N) is 1. The fourth-order valence-corrected chi connectivity index (χ4v) is 3.79. The molecule has 0 radical (unpaired) electrons. The summed E-state index contributed by atoms with van der Waals surface area (Å²) in [5, 5.41) is 8.59. The van der Waals surface area contributed by atoms with Crippen molar-refractivity contribution in [3.05, 3.63) is 94.2 Å². The zero-order valence-electron chi connectivity index (χ0n) is 20.2. The Morgan fingerprint density at radius 3 is 2.31 bits per heavy atom. The Balaban J connectivity index is 1.55. The lowest BCUT2D eigenvalue weighted by Gasteiger charge is -2.13. The first-order valence-corrected chi connectivity index (χ1v) is 11.2. The van der Waals surface area contributed by atoms with Gasteiger partial charge in [0.15, 0.2) is 11.5 Å². The van der Waals surface area contributed by atoms with E-state index in [1.54, 1.807) is 36.5 Å². The van der Waals surface area contributed by atoms with Crippen molar-refractivity contribution in [1.82, 2.24) is 20.1 Å². The Hall–Kier alpha value is -4.66. The number of nitrogens with zero attached hydrogens (tertiary/aromatic N) is 3. The van der Waals surface area contributed by atoms with Gasteiger partial charge in [-0.3, -0.25) is 14.6 Å². The minimum atomic E-state index is -0.322. The molecule has 4 aromatic rings. The van der Waals surface area contributed by atoms with Crippen LogP contribution in [0.2, 0.25) is 0 Å². The summed E-state index contributed by atoms with van der Waals surface area (Å²) in [5.41, 5.74) is 1.78. The van der Waals surface area contributed by atoms with Crippen LogP contribution in [-0.2, 0) is 17.9 Å². The Morgan fingerprint density at radius 2 is 1.67 bits per heavy atom. The van der Waals surface area contributed by atoms with Crippen LogP contribution in [0.25, 0.3) is 16.8 Å². The molecule has 0 saturated heterocycles. The van der Waals surface area contributed by atoms with Crippen LogP contribution in [0.5, 0.6) is 17.2 Å². The van der Waals surface area contributed by atoms with Crippen molar-refractivity contribution in [3.8, 4) is 17.2 Å². The highest BCUT2D eigenvalue weighted by Gasteiger charge is 2.13. The van der Waals surface area contributed by atoms with E-state index in [1.807, 2.05) is 30.3 Å². The predicted molar refractivity (Wildman–Crippen MR) is 136 cm³/mol. The number of amides is 1. The first-order valence-electron chi connectivity index (χ1n) is 11.2. The molecule has 0 fully saturated rings. The van der Waals surface area contributed by atoms with Crippen LogP contribution in [0.4, 0.5) is 0 Å². The summed E-state index contributed by atoms with van der Waals surface area (Å²) in [6.07, 6.45) is 4.73. The second kappa shape index (κ2) is 11.2. The standard InChI is InChI=1S/C27H26N4O5/c1-34-23-14-18(15-24(35-2)26(23)36-3)11-12-25(32)29-16-22-20-9-4-5-10-21(20)27(33)31(30-22)17-19-8-6-7-13-28-19/h4-15H,16-17H2,1-3H3,(H,29,32)/b12-11+. The van der Waals surface area contributed by atoms with Crippen LogP contribution in [0.15, 0.2) is 71.7 Å². The molecule has 2 aromatic carbocycles. The van der Waals surface area contributed by atoms with Crippen LogP contribution in [0.3, 0.4) is 0 Å². The maximum Gasteiger partial charge on any atom is 0.275 e. The van der Waals surface area contributed by atoms with Gasteiger partial charge in [0, 0.05) is 17.7 Å². The van der Waals surface area contributed by atoms with Gasteiger partial charge in [0.25, 0.3) is 5.56 Å². The molecule has 36 heavy (non-hydrogen) atoms. The van der Waals surface area contributed by atoms with Gasteiger partial charge < -0.3 is 19.5 Å². The summed E-state index contributed by atoms with van der Waals surface area (Å²) < 4.78 is 17.4. The molecular weight excluding hydrogens is 460 g/mol. The van der Waals surface area contributed by atoms with Gasteiger partial charge in [0.1, 0.15) is 0 Å². The van der Waals surface area contributed by atoms with Gasteiger partial charge in [-0.15, -0.1) is 0 Å². The van der Waals surface area contributed by atoms with Crippen molar-refractivity contribution < 1.29 is 19.0 Å². The Morgan fingerprint density at radius 1 is 0.972 bits per heavy atom. The lowest BCUT2D eigenvalue weighted by molar-refractivity contribution is -0.116. The lowest BCUT2D eigenvalue weighted by atomic mass is 10.1. The molecule has 1 amide bonds. The summed E-state index contributed by atoms with van der Waals surface area (Å²) in [7, 11) is 4.59. The Kier molecular flexibility index (Phi) is 7.60. The van der Waals surface area contributed by atoms with Crippen molar-refractivity contribution in [2.24, 2.45) is 0 Å². The minimum absolute atomic E-state index is 0.140. The molecule has 0 bridgehead atoms. The van der Waals surface area contributed by atoms with E-state index in [1.165, 1.54) is 32.1 Å². The molecule has 9 heteroatoms. The summed E-state index contributed by atoms with van der Waals surface area (Å²) in [4.78, 5) is 29.9. The number of hydrogen-bond acceptors (Lipinski definition) is 7. The quantitative estimate of drug-likeness (QED) is 0.362. The average Bonchev–Trinajstić information content (AvgIpc) is 2.92. The SMILES string of the molecule is COc1cc(/C=C/C(=O)NCc2nn(Cc3ccccn3)c(=O)c3ccccc23)cc(OC)c1OC. The van der Waals surface area contributed by atoms with Gasteiger partial charge in [0.05, 0.1) is 51.2 Å². The zero-order valence-corrected chi connectivity index (χ0v) is 20.2. The predicted octanol–water partition coefficient (Wildman–Crippen LogP) is 3.20. The minimum Gasteiger partial charge on any atom is -0.493 e. The highest BCUT2D eigenvalue weighted by atomic mass is 16.5. The van der Waals surface area contributed by atoms with E-state index in [-0.39, 0.29) is 24.6 Å². The summed E-state index contributed by atoms with van der Waals surface area (Å²) in [5.74, 6) is 1.13. The first-order chi connectivity index (χ1) is 17.5. The third-order valence-corrected chi connectivity index (χ3v) is 5.53. The van der Waals surface area contributed by atoms with E-state index in [2.05, 4.69) is 15.4 Å². The molecule has 2 aromatic heterocycles. The largest absolute Gasteiger partial charge is 0.493 e. The summed E-state index contributed by atoms with van der Waals surface area (Å²) in [6.45, 7) is 0.369. The number of ether oxygens (including phenoxy) is 3. The molecule has 1 N–H and O–H groups in total. The molecule has 184 valence electrons. The normalized spacial score (nSPS) is 11.0. The van der Waals surface area contributed by atoms with E-state index in [4.69, 9.17) is 14.2 Å². The smallest absolute Gasteiger partial charge is 0.275 e. The van der Waals surface area contributed by atoms with Crippen LogP contribution in [-0.4, -0.2) is 42.0 Å². The molecule has 0 atom stereocenters. The van der Waals surface area contributed by atoms with Gasteiger partial charge >= 0.3 is 0 Å². The maximum absolute atomic E-state index is 13.0. The number of methoxy groups -OCH3 is 3. The number of aromatic nitrogens is 3. The molecule has 0 spiro atoms. The molecule has 0 saturated carbocycles. The number of hydrogen-bond donors (Lipinski definition) is 1. The van der Waals surface area contributed by atoms with E-state index in [9.17, 15) is 9.59 Å². The van der Waals surface area contributed by atoms with Gasteiger partial charge in [0.2, 0.25) is 11.7 Å². The number of carbonyl (C=O) groups is 1. The second-order valence-corrected chi connectivity index (χ2v) is 7.79. The van der Waals surface area contributed by atoms with Crippen molar-refractivity contribution in [3.63, 3.8) is 0 Å². The highest BCUT2D eigenvalue weighted by Crippen LogP contribution is 2.38. The number of pyridine rings is 1. The molecule has 0 aliphatic heterocycles. The van der Waals surface area contributed by atoms with Gasteiger partial charge in [-0.05, 0) is 42.0 Å². The topological polar surface area (TPSA) is 105 Å². The fourth-order valence-electron chi connectivity index (χ4n) is 3.79. The number of rotatable bonds is 9. The van der Waals surface area contributed by atoms with E-state index >= 15 is 0 Å². The summed E-state index contributed by atoms with van der Waals surface area (Å²) in [6, 6.07) is 16.2. The van der Waals surface area contributed by atoms with Crippen LogP contribution < -0.4 is 25.1 Å². The molecule has 9 nitrogen and oxygen atoms in total. The van der Waals surface area contributed by atoms with Crippen molar-refractivity contribution in [2.75, 3.05) is 21.3 Å². The molecule has 0 aliphatic carbocycles. The van der Waals surface area contributed by atoms with Gasteiger partial charge in [-0.1, -0.05) is 24.3 Å². The molecule has 0 aliphatic rings. The number of carbonyl (C=O) groups excluding carboxylic acids is 1. The monoisotopic (exact) mass is 486 g/mol. The van der Waals surface area contributed by atoms with Crippen molar-refractivity contribution in [1.29, 1.82) is 0 Å². The average molecular weight is 487 g/mol. The lowest BCUT2D eigenvalue weighted by Crippen LogP contribution is -2.28. The second-order valence-electron chi connectivity index (χ2n) is 7.79. The third kappa shape index (κ3) is 5.35. The summed E-state index contributed by atoms with van der Waals surface area (Å²) >= 11 is 0. The maximum atomic E-state index is 13.0. The fraction of sp³-hybridized carbons (Fsp3) is 0.185. The number of benzene rings is 2. The molecule has 0 unspecified atom stereocenters. The molecular formula is C27H26N4O5. The van der Waals surface area contributed by atoms with E-state index < -0.39 is 0 Å². The van der Waals surface area contributed by atoms with E-state index in [0.29, 0.717) is 45.0 Å². The third-order valence-electron chi connectivity index (χ3n) is 5.53. The zero-order chi connectivity index (χ0) is 25.5. The van der Waals surface area contributed by atoms with Crippen LogP contribution >= 0.6 is 0 Å². The first kappa shape index (κ1) is 24.5. The van der Waals surface area contributed by atoms with Crippen molar-refractivity contribution >= 4 is 22.8 Å². The molecule has 2 heterocycles. The number of fused-ring (bicyclic) bond motifs is 1. The van der Waals surface area contributed by atoms with Crippen LogP contribution in [0, 0.1) is 0 Å². The van der Waals surface area contributed by atoms with Gasteiger partial charge in [-0.2, -0.15) is 5.10 Å². The van der Waals surface area contributed by atoms with Crippen molar-refractivity contribution in [2.45, 2.75) is 13.1 Å². The molecule has 4 rings (SSSR count). The Labute approximate surface area is 208 Å².